The van der Waals surface area contributed by atoms with Gasteiger partial charge in [0.05, 0.1) is 6.61 Å². The van der Waals surface area contributed by atoms with Crippen molar-refractivity contribution in [2.24, 2.45) is 0 Å². The highest BCUT2D eigenvalue weighted by Crippen LogP contribution is 2.36. The third-order valence-corrected chi connectivity index (χ3v) is 4.91. The Bertz CT molecular complexity index is 573. The Hall–Kier alpha value is -0.900. The van der Waals surface area contributed by atoms with Crippen LogP contribution in [0, 0.1) is 0 Å². The van der Waals surface area contributed by atoms with Crippen molar-refractivity contribution in [3.05, 3.63) is 33.7 Å². The van der Waals surface area contributed by atoms with Gasteiger partial charge in [0.15, 0.2) is 0 Å². The fourth-order valence-electron chi connectivity index (χ4n) is 2.87. The van der Waals surface area contributed by atoms with Crippen molar-refractivity contribution in [2.45, 2.75) is 32.4 Å². The number of hydrogen-bond acceptors (Lipinski definition) is 3. The van der Waals surface area contributed by atoms with Crippen LogP contribution in [0.4, 0.5) is 0 Å². The molecule has 18 heavy (non-hydrogen) atoms. The van der Waals surface area contributed by atoms with Gasteiger partial charge in [-0.1, -0.05) is 0 Å². The summed E-state index contributed by atoms with van der Waals surface area (Å²) in [5, 5.41) is 4.67. The molecule has 0 aliphatic heterocycles. The summed E-state index contributed by atoms with van der Waals surface area (Å²) in [6, 6.07) is 4.81. The molecule has 2 nitrogen and oxygen atoms in total. The fraction of sp³-hybridized carbons (Fsp3) is 0.467. The standard InChI is InChI=1S/C15H19NOS/c1-16-8-15-13(9-17-2)12-6-10-4-3-5-11(10)7-14(12)18-15/h6-7,16H,3-5,8-9H2,1-2H3. The van der Waals surface area contributed by atoms with Crippen LogP contribution < -0.4 is 5.32 Å². The third kappa shape index (κ3) is 1.96. The van der Waals surface area contributed by atoms with E-state index in [1.807, 2.05) is 18.4 Å². The molecule has 1 aromatic heterocycles. The Morgan fingerprint density at radius 3 is 2.78 bits per heavy atom. The first-order valence-corrected chi connectivity index (χ1v) is 7.34. The summed E-state index contributed by atoms with van der Waals surface area (Å²) in [5.41, 5.74) is 4.49. The maximum absolute atomic E-state index is 5.38. The minimum Gasteiger partial charge on any atom is -0.380 e. The molecule has 0 bridgehead atoms. The fourth-order valence-corrected chi connectivity index (χ4v) is 4.14. The van der Waals surface area contributed by atoms with Crippen LogP contribution in [-0.4, -0.2) is 14.2 Å². The minimum absolute atomic E-state index is 0.718. The zero-order valence-electron chi connectivity index (χ0n) is 11.0. The number of aryl methyl sites for hydroxylation is 2. The van der Waals surface area contributed by atoms with Crippen molar-refractivity contribution in [3.63, 3.8) is 0 Å². The number of hydrogen-bond donors (Lipinski definition) is 1. The van der Waals surface area contributed by atoms with Gasteiger partial charge in [-0.2, -0.15) is 0 Å². The van der Waals surface area contributed by atoms with Crippen LogP contribution in [0.2, 0.25) is 0 Å². The molecule has 0 fully saturated rings. The van der Waals surface area contributed by atoms with Crippen LogP contribution in [0.1, 0.15) is 28.0 Å². The molecule has 3 heteroatoms. The SMILES string of the molecule is CNCc1sc2cc3c(cc2c1COC)CCC3. The lowest BCUT2D eigenvalue weighted by Gasteiger charge is -2.04. The molecular formula is C15H19NOS. The molecule has 3 rings (SSSR count). The van der Waals surface area contributed by atoms with E-state index in [-0.39, 0.29) is 0 Å². The highest BCUT2D eigenvalue weighted by Gasteiger charge is 2.17. The zero-order valence-corrected chi connectivity index (χ0v) is 11.8. The summed E-state index contributed by atoms with van der Waals surface area (Å²) in [4.78, 5) is 1.41. The monoisotopic (exact) mass is 261 g/mol. The van der Waals surface area contributed by atoms with Crippen molar-refractivity contribution in [1.29, 1.82) is 0 Å². The Labute approximate surface area is 112 Å². The second kappa shape index (κ2) is 5.00. The average molecular weight is 261 g/mol. The molecule has 0 radical (unpaired) electrons. The first-order chi connectivity index (χ1) is 8.83. The van der Waals surface area contributed by atoms with Gasteiger partial charge in [-0.05, 0) is 55.0 Å². The molecule has 0 spiro atoms. The lowest BCUT2D eigenvalue weighted by molar-refractivity contribution is 0.185. The van der Waals surface area contributed by atoms with E-state index in [4.69, 9.17) is 4.74 Å². The van der Waals surface area contributed by atoms with Crippen LogP contribution in [0.25, 0.3) is 10.1 Å². The highest BCUT2D eigenvalue weighted by molar-refractivity contribution is 7.19. The van der Waals surface area contributed by atoms with Gasteiger partial charge in [0.25, 0.3) is 0 Å². The van der Waals surface area contributed by atoms with E-state index in [0.29, 0.717) is 0 Å². The van der Waals surface area contributed by atoms with Crippen molar-refractivity contribution in [2.75, 3.05) is 14.2 Å². The molecule has 0 unspecified atom stereocenters. The van der Waals surface area contributed by atoms with E-state index in [0.717, 1.165) is 13.2 Å². The number of thiophene rings is 1. The molecule has 1 aliphatic rings. The quantitative estimate of drug-likeness (QED) is 0.912. The maximum Gasteiger partial charge on any atom is 0.0730 e. The van der Waals surface area contributed by atoms with E-state index in [1.165, 1.54) is 39.8 Å². The van der Waals surface area contributed by atoms with E-state index in [9.17, 15) is 0 Å². The molecule has 2 aromatic rings. The van der Waals surface area contributed by atoms with Crippen LogP contribution in [0.15, 0.2) is 12.1 Å². The summed E-state index contributed by atoms with van der Waals surface area (Å²) < 4.78 is 6.80. The van der Waals surface area contributed by atoms with Crippen LogP contribution in [-0.2, 0) is 30.7 Å². The predicted octanol–water partition coefficient (Wildman–Crippen LogP) is 3.26. The predicted molar refractivity (Wildman–Crippen MR) is 77.3 cm³/mol. The van der Waals surface area contributed by atoms with Gasteiger partial charge in [-0.25, -0.2) is 0 Å². The van der Waals surface area contributed by atoms with E-state index < -0.39 is 0 Å². The number of rotatable bonds is 4. The Kier molecular flexibility index (Phi) is 3.37. The number of ether oxygens (including phenoxy) is 1. The molecule has 0 saturated heterocycles. The van der Waals surface area contributed by atoms with Crippen LogP contribution in [0.5, 0.6) is 0 Å². The molecule has 0 saturated carbocycles. The minimum atomic E-state index is 0.718. The lowest BCUT2D eigenvalue weighted by Crippen LogP contribution is -2.05. The zero-order chi connectivity index (χ0) is 12.5. The van der Waals surface area contributed by atoms with Gasteiger partial charge >= 0.3 is 0 Å². The van der Waals surface area contributed by atoms with Crippen LogP contribution in [0.3, 0.4) is 0 Å². The van der Waals surface area contributed by atoms with E-state index in [2.05, 4.69) is 17.4 Å². The smallest absolute Gasteiger partial charge is 0.0730 e. The molecule has 1 heterocycles. The summed E-state index contributed by atoms with van der Waals surface area (Å²) in [6.45, 7) is 1.65. The summed E-state index contributed by atoms with van der Waals surface area (Å²) >= 11 is 1.91. The first kappa shape index (κ1) is 12.2. The molecular weight excluding hydrogens is 242 g/mol. The van der Waals surface area contributed by atoms with Gasteiger partial charge in [0, 0.05) is 28.8 Å². The summed E-state index contributed by atoms with van der Waals surface area (Å²) in [7, 11) is 3.78. The lowest BCUT2D eigenvalue weighted by atomic mass is 10.0. The summed E-state index contributed by atoms with van der Waals surface area (Å²) in [5.74, 6) is 0. The first-order valence-electron chi connectivity index (χ1n) is 6.53. The normalized spacial score (nSPS) is 14.3. The molecule has 0 atom stereocenters. The van der Waals surface area contributed by atoms with Gasteiger partial charge in [0.2, 0.25) is 0 Å². The van der Waals surface area contributed by atoms with Crippen molar-refractivity contribution < 1.29 is 4.74 Å². The average Bonchev–Trinajstić information content (AvgIpc) is 2.93. The van der Waals surface area contributed by atoms with Crippen molar-refractivity contribution >= 4 is 21.4 Å². The van der Waals surface area contributed by atoms with Gasteiger partial charge < -0.3 is 10.1 Å². The Balaban J connectivity index is 2.16. The molecule has 1 N–H and O–H groups in total. The van der Waals surface area contributed by atoms with E-state index in [1.54, 1.807) is 18.2 Å². The Morgan fingerprint density at radius 2 is 2.06 bits per heavy atom. The molecule has 1 aliphatic carbocycles. The van der Waals surface area contributed by atoms with E-state index >= 15 is 0 Å². The van der Waals surface area contributed by atoms with Gasteiger partial charge in [-0.15, -0.1) is 11.3 Å². The molecule has 96 valence electrons. The molecule has 1 aromatic carbocycles. The largest absolute Gasteiger partial charge is 0.380 e. The highest BCUT2D eigenvalue weighted by atomic mass is 32.1. The van der Waals surface area contributed by atoms with Crippen LogP contribution >= 0.6 is 11.3 Å². The van der Waals surface area contributed by atoms with Crippen molar-refractivity contribution in [3.8, 4) is 0 Å². The van der Waals surface area contributed by atoms with Gasteiger partial charge in [0.1, 0.15) is 0 Å². The number of benzene rings is 1. The third-order valence-electron chi connectivity index (χ3n) is 3.71. The van der Waals surface area contributed by atoms with Crippen molar-refractivity contribution in [1.82, 2.24) is 5.32 Å². The molecule has 0 amide bonds. The number of methoxy groups -OCH3 is 1. The summed E-state index contributed by atoms with van der Waals surface area (Å²) in [6.07, 6.45) is 3.81. The maximum atomic E-state index is 5.38. The second-order valence-electron chi connectivity index (χ2n) is 4.94. The second-order valence-corrected chi connectivity index (χ2v) is 6.07. The topological polar surface area (TPSA) is 21.3 Å². The number of nitrogens with one attached hydrogen (secondary N) is 1. The Morgan fingerprint density at radius 1 is 1.28 bits per heavy atom. The van der Waals surface area contributed by atoms with Gasteiger partial charge in [-0.3, -0.25) is 0 Å². The number of fused-ring (bicyclic) bond motifs is 2.